The fraction of sp³-hybridized carbons (Fsp3) is 0.500. The average Bonchev–Trinajstić information content (AvgIpc) is 3.37. The van der Waals surface area contributed by atoms with Gasteiger partial charge in [-0.1, -0.05) is 0 Å². The number of aromatic nitrogens is 3. The van der Waals surface area contributed by atoms with Gasteiger partial charge in [-0.15, -0.1) is 11.3 Å². The van der Waals surface area contributed by atoms with Gasteiger partial charge in [0.15, 0.2) is 0 Å². The molecule has 4 rings (SSSR count). The number of hydrogen-bond donors (Lipinski definition) is 1. The number of amides is 1. The van der Waals surface area contributed by atoms with Crippen molar-refractivity contribution in [1.82, 2.24) is 20.3 Å². The molecule has 2 aliphatic rings. The predicted octanol–water partition coefficient (Wildman–Crippen LogP) is 2.13. The van der Waals surface area contributed by atoms with E-state index in [4.69, 9.17) is 4.74 Å². The number of hydrogen-bond acceptors (Lipinski definition) is 7. The third-order valence-corrected chi connectivity index (χ3v) is 6.02. The van der Waals surface area contributed by atoms with Crippen molar-refractivity contribution in [3.8, 4) is 10.7 Å². The first-order chi connectivity index (χ1) is 12.7. The van der Waals surface area contributed by atoms with Crippen molar-refractivity contribution in [2.45, 2.75) is 44.1 Å². The van der Waals surface area contributed by atoms with E-state index in [1.54, 1.807) is 18.6 Å². The first kappa shape index (κ1) is 17.1. The zero-order valence-corrected chi connectivity index (χ0v) is 15.1. The standard InChI is InChI=1S/C18H20N4O3S/c23-15-9-13(18(25-15)4-1-2-5-18)16(24)21-6-3-12-11-26-17(22-12)14-10-19-7-8-20-14/h7-8,10-11,13H,1-6,9H2,(H,21,24). The number of carbonyl (C=O) groups is 2. The van der Waals surface area contributed by atoms with E-state index < -0.39 is 5.60 Å². The Morgan fingerprint density at radius 2 is 2.19 bits per heavy atom. The zero-order valence-electron chi connectivity index (χ0n) is 14.3. The molecule has 7 nitrogen and oxygen atoms in total. The highest BCUT2D eigenvalue weighted by atomic mass is 32.1. The topological polar surface area (TPSA) is 94.1 Å². The fourth-order valence-corrected chi connectivity index (χ4v) is 4.65. The van der Waals surface area contributed by atoms with Crippen LogP contribution in [0.25, 0.3) is 10.7 Å². The first-order valence-corrected chi connectivity index (χ1v) is 9.75. The van der Waals surface area contributed by atoms with Gasteiger partial charge < -0.3 is 10.1 Å². The second-order valence-electron chi connectivity index (χ2n) is 6.78. The van der Waals surface area contributed by atoms with Crippen molar-refractivity contribution in [2.75, 3.05) is 6.54 Å². The molecule has 1 N–H and O–H groups in total. The average molecular weight is 372 g/mol. The molecule has 1 saturated carbocycles. The van der Waals surface area contributed by atoms with E-state index in [0.29, 0.717) is 13.0 Å². The highest BCUT2D eigenvalue weighted by Gasteiger charge is 2.53. The predicted molar refractivity (Wildman–Crippen MR) is 95.3 cm³/mol. The second kappa shape index (κ2) is 7.11. The van der Waals surface area contributed by atoms with Gasteiger partial charge in [0.05, 0.1) is 24.2 Å². The lowest BCUT2D eigenvalue weighted by atomic mass is 9.85. The number of nitrogens with zero attached hydrogens (tertiary/aromatic N) is 3. The molecule has 1 atom stereocenters. The van der Waals surface area contributed by atoms with Crippen LogP contribution in [0.2, 0.25) is 0 Å². The van der Waals surface area contributed by atoms with Crippen LogP contribution in [0.3, 0.4) is 0 Å². The third kappa shape index (κ3) is 3.33. The summed E-state index contributed by atoms with van der Waals surface area (Å²) in [7, 11) is 0. The summed E-state index contributed by atoms with van der Waals surface area (Å²) >= 11 is 1.51. The normalized spacial score (nSPS) is 21.1. The molecule has 1 amide bonds. The van der Waals surface area contributed by atoms with E-state index >= 15 is 0 Å². The molecule has 2 aromatic heterocycles. The van der Waals surface area contributed by atoms with E-state index in [-0.39, 0.29) is 24.2 Å². The second-order valence-corrected chi connectivity index (χ2v) is 7.64. The molecule has 8 heteroatoms. The van der Waals surface area contributed by atoms with Crippen LogP contribution in [-0.4, -0.2) is 39.0 Å². The van der Waals surface area contributed by atoms with Crippen LogP contribution < -0.4 is 5.32 Å². The molecule has 1 saturated heterocycles. The summed E-state index contributed by atoms with van der Waals surface area (Å²) in [4.78, 5) is 37.2. The number of rotatable bonds is 5. The number of nitrogens with one attached hydrogen (secondary N) is 1. The van der Waals surface area contributed by atoms with Gasteiger partial charge in [-0.05, 0) is 25.7 Å². The van der Waals surface area contributed by atoms with Crippen LogP contribution in [0.15, 0.2) is 24.0 Å². The van der Waals surface area contributed by atoms with Crippen LogP contribution in [0, 0.1) is 5.92 Å². The molecule has 1 aliphatic carbocycles. The minimum absolute atomic E-state index is 0.0814. The van der Waals surface area contributed by atoms with E-state index in [0.717, 1.165) is 42.1 Å². The van der Waals surface area contributed by atoms with E-state index in [2.05, 4.69) is 20.3 Å². The Bertz CT molecular complexity index is 802. The molecule has 1 unspecified atom stereocenters. The molecular weight excluding hydrogens is 352 g/mol. The first-order valence-electron chi connectivity index (χ1n) is 8.87. The summed E-state index contributed by atoms with van der Waals surface area (Å²) in [6, 6.07) is 0. The summed E-state index contributed by atoms with van der Waals surface area (Å²) in [5.74, 6) is -0.689. The monoisotopic (exact) mass is 372 g/mol. The largest absolute Gasteiger partial charge is 0.458 e. The minimum atomic E-state index is -0.555. The van der Waals surface area contributed by atoms with Gasteiger partial charge in [0.1, 0.15) is 16.3 Å². The molecule has 0 radical (unpaired) electrons. The maximum absolute atomic E-state index is 12.6. The summed E-state index contributed by atoms with van der Waals surface area (Å²) in [6.07, 6.45) is 9.40. The van der Waals surface area contributed by atoms with E-state index in [1.165, 1.54) is 11.3 Å². The lowest BCUT2D eigenvalue weighted by Crippen LogP contribution is -2.43. The van der Waals surface area contributed by atoms with Crippen molar-refractivity contribution in [3.05, 3.63) is 29.7 Å². The smallest absolute Gasteiger partial charge is 0.307 e. The van der Waals surface area contributed by atoms with Gasteiger partial charge in [-0.3, -0.25) is 19.6 Å². The Hall–Kier alpha value is -2.35. The van der Waals surface area contributed by atoms with Gasteiger partial charge in [0.25, 0.3) is 0 Å². The summed E-state index contributed by atoms with van der Waals surface area (Å²) in [6.45, 7) is 0.489. The Balaban J connectivity index is 1.33. The van der Waals surface area contributed by atoms with Crippen molar-refractivity contribution < 1.29 is 14.3 Å². The minimum Gasteiger partial charge on any atom is -0.458 e. The van der Waals surface area contributed by atoms with Crippen LogP contribution in [0.4, 0.5) is 0 Å². The number of thiazole rings is 1. The molecule has 136 valence electrons. The maximum atomic E-state index is 12.6. The van der Waals surface area contributed by atoms with Crippen LogP contribution in [0.5, 0.6) is 0 Å². The van der Waals surface area contributed by atoms with Crippen LogP contribution in [0.1, 0.15) is 37.8 Å². The summed E-state index contributed by atoms with van der Waals surface area (Å²) in [5.41, 5.74) is 1.10. The SMILES string of the molecule is O=C1CC(C(=O)NCCc2csc(-c3cnccn3)n2)C2(CCCC2)O1. The molecular formula is C18H20N4O3S. The molecule has 2 aromatic rings. The van der Waals surface area contributed by atoms with Gasteiger partial charge in [0.2, 0.25) is 5.91 Å². The molecule has 26 heavy (non-hydrogen) atoms. The quantitative estimate of drug-likeness (QED) is 0.808. The summed E-state index contributed by atoms with van der Waals surface area (Å²) in [5, 5.41) is 5.75. The number of esters is 1. The number of ether oxygens (including phenoxy) is 1. The summed E-state index contributed by atoms with van der Waals surface area (Å²) < 4.78 is 5.54. The van der Waals surface area contributed by atoms with Gasteiger partial charge in [-0.2, -0.15) is 0 Å². The Labute approximate surface area is 155 Å². The molecule has 3 heterocycles. The number of carbonyl (C=O) groups excluding carboxylic acids is 2. The Kier molecular flexibility index (Phi) is 4.67. The Morgan fingerprint density at radius 1 is 1.35 bits per heavy atom. The van der Waals surface area contributed by atoms with E-state index in [1.807, 2.05) is 5.38 Å². The highest BCUT2D eigenvalue weighted by molar-refractivity contribution is 7.13. The molecule has 2 fully saturated rings. The van der Waals surface area contributed by atoms with Crippen LogP contribution >= 0.6 is 11.3 Å². The molecule has 1 aliphatic heterocycles. The third-order valence-electron chi connectivity index (χ3n) is 5.10. The van der Waals surface area contributed by atoms with Crippen molar-refractivity contribution >= 4 is 23.2 Å². The zero-order chi connectivity index (χ0) is 18.0. The van der Waals surface area contributed by atoms with Gasteiger partial charge in [-0.25, -0.2) is 4.98 Å². The fourth-order valence-electron chi connectivity index (χ4n) is 3.83. The lowest BCUT2D eigenvalue weighted by molar-refractivity contribution is -0.149. The molecule has 0 bridgehead atoms. The maximum Gasteiger partial charge on any atom is 0.307 e. The van der Waals surface area contributed by atoms with Crippen molar-refractivity contribution in [1.29, 1.82) is 0 Å². The molecule has 0 aromatic carbocycles. The lowest BCUT2D eigenvalue weighted by Gasteiger charge is -2.27. The van der Waals surface area contributed by atoms with Crippen molar-refractivity contribution in [2.24, 2.45) is 5.92 Å². The highest BCUT2D eigenvalue weighted by Crippen LogP contribution is 2.45. The van der Waals surface area contributed by atoms with E-state index in [9.17, 15) is 9.59 Å². The van der Waals surface area contributed by atoms with Gasteiger partial charge >= 0.3 is 5.97 Å². The van der Waals surface area contributed by atoms with Crippen molar-refractivity contribution in [3.63, 3.8) is 0 Å². The van der Waals surface area contributed by atoms with Crippen LogP contribution in [-0.2, 0) is 20.7 Å². The Morgan fingerprint density at radius 3 is 2.96 bits per heavy atom. The molecule has 1 spiro atoms. The van der Waals surface area contributed by atoms with Gasteiger partial charge in [0, 0.05) is 30.7 Å².